The molecule has 1 saturated heterocycles. The first kappa shape index (κ1) is 14.0. The van der Waals surface area contributed by atoms with Gasteiger partial charge in [-0.25, -0.2) is 0 Å². The molecule has 1 heterocycles. The molecule has 0 amide bonds. The number of rotatable bonds is 3. The molecule has 0 bridgehead atoms. The van der Waals surface area contributed by atoms with E-state index in [1.807, 2.05) is 0 Å². The van der Waals surface area contributed by atoms with Gasteiger partial charge in [-0.15, -0.1) is 0 Å². The molecule has 17 heavy (non-hydrogen) atoms. The van der Waals surface area contributed by atoms with E-state index in [4.69, 9.17) is 5.11 Å². The first-order valence-corrected chi connectivity index (χ1v) is 5.15. The Morgan fingerprint density at radius 3 is 2.59 bits per heavy atom. The number of aliphatic hydroxyl groups is 1. The van der Waals surface area contributed by atoms with Gasteiger partial charge in [-0.2, -0.15) is 13.2 Å². The highest BCUT2D eigenvalue weighted by Crippen LogP contribution is 2.27. The summed E-state index contributed by atoms with van der Waals surface area (Å²) < 4.78 is 36.7. The van der Waals surface area contributed by atoms with Crippen LogP contribution in [-0.2, 0) is 4.79 Å². The van der Waals surface area contributed by atoms with E-state index in [-0.39, 0.29) is 6.54 Å². The van der Waals surface area contributed by atoms with E-state index in [0.29, 0.717) is 18.9 Å². The van der Waals surface area contributed by atoms with E-state index >= 15 is 0 Å². The lowest BCUT2D eigenvalue weighted by molar-refractivity contribution is -0.145. The minimum atomic E-state index is -4.50. The van der Waals surface area contributed by atoms with Gasteiger partial charge in [0.15, 0.2) is 0 Å². The highest BCUT2D eigenvalue weighted by atomic mass is 19.4. The minimum absolute atomic E-state index is 0.278. The Morgan fingerprint density at radius 2 is 2.12 bits per heavy atom. The van der Waals surface area contributed by atoms with Crippen LogP contribution in [-0.4, -0.2) is 46.1 Å². The lowest BCUT2D eigenvalue weighted by Gasteiger charge is -2.25. The maximum absolute atomic E-state index is 12.2. The molecular formula is C10H14F3NO3. The van der Waals surface area contributed by atoms with Gasteiger partial charge in [-0.05, 0) is 25.8 Å². The van der Waals surface area contributed by atoms with Crippen molar-refractivity contribution in [2.75, 3.05) is 6.54 Å². The Hall–Kier alpha value is -1.08. The van der Waals surface area contributed by atoms with Gasteiger partial charge in [-0.3, -0.25) is 9.69 Å². The molecule has 7 heteroatoms. The number of likely N-dealkylation sites (tertiary alicyclic amines) is 1. The average Bonchev–Trinajstić information content (AvgIpc) is 2.63. The van der Waals surface area contributed by atoms with Crippen molar-refractivity contribution in [1.82, 2.24) is 4.90 Å². The molecule has 0 aromatic heterocycles. The second kappa shape index (κ2) is 5.05. The quantitative estimate of drug-likeness (QED) is 0.746. The lowest BCUT2D eigenvalue weighted by atomic mass is 10.2. The summed E-state index contributed by atoms with van der Waals surface area (Å²) in [6.07, 6.45) is -4.49. The summed E-state index contributed by atoms with van der Waals surface area (Å²) in [5.74, 6) is -1.13. The number of allylic oxidation sites excluding steroid dienone is 1. The zero-order valence-electron chi connectivity index (χ0n) is 9.24. The van der Waals surface area contributed by atoms with Crippen molar-refractivity contribution in [3.05, 3.63) is 11.6 Å². The van der Waals surface area contributed by atoms with Gasteiger partial charge in [0.25, 0.3) is 0 Å². The van der Waals surface area contributed by atoms with Crippen LogP contribution in [0.3, 0.4) is 0 Å². The Morgan fingerprint density at radius 1 is 1.53 bits per heavy atom. The fraction of sp³-hybridized carbons (Fsp3) is 0.700. The summed E-state index contributed by atoms with van der Waals surface area (Å²) in [7, 11) is 0. The lowest BCUT2D eigenvalue weighted by Crippen LogP contribution is -2.42. The van der Waals surface area contributed by atoms with E-state index in [1.54, 1.807) is 0 Å². The largest absolute Gasteiger partial charge is 0.480 e. The monoisotopic (exact) mass is 253 g/mol. The summed E-state index contributed by atoms with van der Waals surface area (Å²) in [6.45, 7) is 1.12. The van der Waals surface area contributed by atoms with E-state index < -0.39 is 30.0 Å². The third kappa shape index (κ3) is 3.44. The number of carbonyl (C=O) groups is 1. The van der Waals surface area contributed by atoms with Crippen LogP contribution in [0.25, 0.3) is 0 Å². The molecule has 2 N–H and O–H groups in total. The maximum Gasteiger partial charge on any atom is 0.412 e. The van der Waals surface area contributed by atoms with Crippen molar-refractivity contribution in [3.8, 4) is 0 Å². The number of carboxylic acid groups (broad SMARTS) is 1. The number of hydrogen-bond donors (Lipinski definition) is 2. The molecule has 0 aromatic carbocycles. The van der Waals surface area contributed by atoms with Crippen molar-refractivity contribution >= 4 is 5.97 Å². The van der Waals surface area contributed by atoms with Crippen LogP contribution < -0.4 is 0 Å². The molecular weight excluding hydrogens is 239 g/mol. The molecule has 0 radical (unpaired) electrons. The standard InChI is InChI=1S/C10H14F3NO3/c1-6(10(11,12)13)5-8(15)14-4-2-3-7(14)9(16)17/h5,7-8,15H,2-4H2,1H3,(H,16,17)/b6-5+. The zero-order valence-corrected chi connectivity index (χ0v) is 9.24. The minimum Gasteiger partial charge on any atom is -0.480 e. The van der Waals surface area contributed by atoms with Crippen LogP contribution >= 0.6 is 0 Å². The smallest absolute Gasteiger partial charge is 0.412 e. The molecule has 1 aliphatic heterocycles. The zero-order chi connectivity index (χ0) is 13.2. The SMILES string of the molecule is C/C(=C\C(O)N1CCCC1C(=O)O)C(F)(F)F. The predicted octanol–water partition coefficient (Wildman–Crippen LogP) is 1.36. The van der Waals surface area contributed by atoms with Gasteiger partial charge in [0.05, 0.1) is 0 Å². The van der Waals surface area contributed by atoms with Crippen LogP contribution in [0.2, 0.25) is 0 Å². The Labute approximate surface area is 96.3 Å². The van der Waals surface area contributed by atoms with E-state index in [0.717, 1.165) is 11.8 Å². The number of aliphatic carboxylic acids is 1. The van der Waals surface area contributed by atoms with E-state index in [9.17, 15) is 23.1 Å². The van der Waals surface area contributed by atoms with Crippen LogP contribution in [0.4, 0.5) is 13.2 Å². The van der Waals surface area contributed by atoms with Crippen molar-refractivity contribution < 1.29 is 28.2 Å². The number of aliphatic hydroxyl groups excluding tert-OH is 1. The highest BCUT2D eigenvalue weighted by molar-refractivity contribution is 5.73. The molecule has 2 unspecified atom stereocenters. The van der Waals surface area contributed by atoms with Gasteiger partial charge >= 0.3 is 12.1 Å². The molecule has 0 aliphatic carbocycles. The fourth-order valence-corrected chi connectivity index (χ4v) is 1.78. The van der Waals surface area contributed by atoms with Gasteiger partial charge < -0.3 is 10.2 Å². The first-order chi connectivity index (χ1) is 7.73. The molecule has 1 fully saturated rings. The van der Waals surface area contributed by atoms with Gasteiger partial charge in [0, 0.05) is 12.1 Å². The van der Waals surface area contributed by atoms with Crippen LogP contribution in [0.1, 0.15) is 19.8 Å². The highest BCUT2D eigenvalue weighted by Gasteiger charge is 2.36. The molecule has 4 nitrogen and oxygen atoms in total. The van der Waals surface area contributed by atoms with E-state index in [2.05, 4.69) is 0 Å². The van der Waals surface area contributed by atoms with Crippen LogP contribution in [0.15, 0.2) is 11.6 Å². The number of alkyl halides is 3. The average molecular weight is 253 g/mol. The molecule has 98 valence electrons. The van der Waals surface area contributed by atoms with Gasteiger partial charge in [0.1, 0.15) is 12.3 Å². The van der Waals surface area contributed by atoms with Gasteiger partial charge in [-0.1, -0.05) is 0 Å². The number of hydrogen-bond acceptors (Lipinski definition) is 3. The molecule has 0 saturated carbocycles. The first-order valence-electron chi connectivity index (χ1n) is 5.15. The third-order valence-electron chi connectivity index (χ3n) is 2.77. The second-order valence-electron chi connectivity index (χ2n) is 4.00. The normalized spacial score (nSPS) is 25.0. The van der Waals surface area contributed by atoms with E-state index in [1.165, 1.54) is 0 Å². The predicted molar refractivity (Wildman–Crippen MR) is 53.2 cm³/mol. The number of carboxylic acids is 1. The third-order valence-corrected chi connectivity index (χ3v) is 2.77. The number of nitrogens with zero attached hydrogens (tertiary/aromatic N) is 1. The summed E-state index contributed by atoms with van der Waals surface area (Å²) in [4.78, 5) is 12.0. The molecule has 1 aliphatic rings. The van der Waals surface area contributed by atoms with Crippen LogP contribution in [0.5, 0.6) is 0 Å². The molecule has 0 aromatic rings. The van der Waals surface area contributed by atoms with Crippen molar-refractivity contribution in [2.45, 2.75) is 38.2 Å². The second-order valence-corrected chi connectivity index (χ2v) is 4.00. The maximum atomic E-state index is 12.2. The Kier molecular flexibility index (Phi) is 4.16. The Bertz CT molecular complexity index is 327. The Balaban J connectivity index is 2.77. The topological polar surface area (TPSA) is 60.8 Å². The van der Waals surface area contributed by atoms with Crippen molar-refractivity contribution in [2.24, 2.45) is 0 Å². The molecule has 1 rings (SSSR count). The van der Waals surface area contributed by atoms with Crippen molar-refractivity contribution in [3.63, 3.8) is 0 Å². The fourth-order valence-electron chi connectivity index (χ4n) is 1.78. The molecule has 0 spiro atoms. The van der Waals surface area contributed by atoms with Crippen molar-refractivity contribution in [1.29, 1.82) is 0 Å². The van der Waals surface area contributed by atoms with Gasteiger partial charge in [0.2, 0.25) is 0 Å². The molecule has 2 atom stereocenters. The summed E-state index contributed by atoms with van der Waals surface area (Å²) in [6, 6.07) is -0.915. The van der Waals surface area contributed by atoms with Crippen LogP contribution in [0, 0.1) is 0 Å². The summed E-state index contributed by atoms with van der Waals surface area (Å²) >= 11 is 0. The summed E-state index contributed by atoms with van der Waals surface area (Å²) in [5, 5.41) is 18.4. The summed E-state index contributed by atoms with van der Waals surface area (Å²) in [5.41, 5.74) is -0.930. The number of halogens is 3.